The molecule has 0 aliphatic carbocycles. The second-order valence-corrected chi connectivity index (χ2v) is 10.3. The van der Waals surface area contributed by atoms with Crippen molar-refractivity contribution in [2.24, 2.45) is 0 Å². The minimum atomic E-state index is -0.727. The molecular formula is C32H50O6. The fourth-order valence-electron chi connectivity index (χ4n) is 4.71. The Morgan fingerprint density at radius 3 is 2.03 bits per heavy atom. The van der Waals surface area contributed by atoms with Gasteiger partial charge < -0.3 is 18.9 Å². The van der Waals surface area contributed by atoms with E-state index in [1.807, 2.05) is 37.3 Å². The molecule has 0 saturated heterocycles. The molecule has 0 bridgehead atoms. The van der Waals surface area contributed by atoms with Crippen LogP contribution in [0.4, 0.5) is 0 Å². The first-order chi connectivity index (χ1) is 18.6. The van der Waals surface area contributed by atoms with Gasteiger partial charge >= 0.3 is 11.9 Å². The Morgan fingerprint density at radius 2 is 1.45 bits per heavy atom. The summed E-state index contributed by atoms with van der Waals surface area (Å²) in [5.74, 6) is -0.222. The van der Waals surface area contributed by atoms with Gasteiger partial charge in [0.05, 0.1) is 5.57 Å². The Hall–Kier alpha value is -2.34. The summed E-state index contributed by atoms with van der Waals surface area (Å²) in [6.07, 6.45) is 15.5. The van der Waals surface area contributed by atoms with Crippen molar-refractivity contribution in [2.75, 3.05) is 13.2 Å². The third-order valence-electron chi connectivity index (χ3n) is 7.02. The first-order valence-electron chi connectivity index (χ1n) is 14.9. The lowest BCUT2D eigenvalue weighted by Crippen LogP contribution is -2.37. The van der Waals surface area contributed by atoms with Gasteiger partial charge in [0, 0.05) is 13.0 Å². The van der Waals surface area contributed by atoms with Crippen LogP contribution in [0, 0.1) is 0 Å². The Balaban J connectivity index is 1.63. The van der Waals surface area contributed by atoms with Crippen molar-refractivity contribution in [3.63, 3.8) is 0 Å². The van der Waals surface area contributed by atoms with E-state index in [4.69, 9.17) is 18.9 Å². The van der Waals surface area contributed by atoms with Crippen LogP contribution in [0.25, 0.3) is 0 Å². The molecular weight excluding hydrogens is 480 g/mol. The smallest absolute Gasteiger partial charge is 0.338 e. The molecule has 38 heavy (non-hydrogen) atoms. The summed E-state index contributed by atoms with van der Waals surface area (Å²) < 4.78 is 22.9. The largest absolute Gasteiger partial charge is 0.489 e. The van der Waals surface area contributed by atoms with Gasteiger partial charge in [-0.05, 0) is 25.8 Å². The highest BCUT2D eigenvalue weighted by molar-refractivity contribution is 5.91. The molecule has 0 fully saturated rings. The van der Waals surface area contributed by atoms with E-state index < -0.39 is 18.2 Å². The van der Waals surface area contributed by atoms with Crippen molar-refractivity contribution in [3.05, 3.63) is 47.2 Å². The molecule has 1 aromatic carbocycles. The zero-order chi connectivity index (χ0) is 27.4. The molecule has 6 heteroatoms. The standard InChI is InChI=1S/C32H50O6/c1-4-6-7-8-9-10-11-12-13-14-15-16-20-23-29(33)36-25-28(35-5-2)31-30(26(3)32(34)38-31)37-24-27-21-18-17-19-22-27/h17-19,21-22,28,31H,4-16,20,23-25H2,1-3H3/t28-,31+/m0/s1. The zero-order valence-corrected chi connectivity index (χ0v) is 24.0. The Kier molecular flexibility index (Phi) is 16.5. The highest BCUT2D eigenvalue weighted by Crippen LogP contribution is 2.28. The number of ether oxygens (including phenoxy) is 4. The zero-order valence-electron chi connectivity index (χ0n) is 24.0. The maximum atomic E-state index is 12.4. The van der Waals surface area contributed by atoms with E-state index in [1.54, 1.807) is 6.92 Å². The molecule has 2 rings (SSSR count). The predicted octanol–water partition coefficient (Wildman–Crippen LogP) is 7.83. The molecule has 1 aliphatic heterocycles. The Labute approximate surface area is 230 Å². The van der Waals surface area contributed by atoms with Gasteiger partial charge in [0.15, 0.2) is 11.9 Å². The van der Waals surface area contributed by atoms with E-state index in [2.05, 4.69) is 6.92 Å². The molecule has 0 unspecified atom stereocenters. The Bertz CT molecular complexity index is 818. The average Bonchev–Trinajstić information content (AvgIpc) is 3.21. The fraction of sp³-hybridized carbons (Fsp3) is 0.688. The van der Waals surface area contributed by atoms with Crippen LogP contribution in [0.2, 0.25) is 0 Å². The van der Waals surface area contributed by atoms with Crippen LogP contribution >= 0.6 is 0 Å². The number of esters is 2. The minimum Gasteiger partial charge on any atom is -0.489 e. The average molecular weight is 531 g/mol. The second-order valence-electron chi connectivity index (χ2n) is 10.3. The molecule has 2 atom stereocenters. The molecule has 0 amide bonds. The number of unbranched alkanes of at least 4 members (excludes halogenated alkanes) is 12. The minimum absolute atomic E-state index is 0.0224. The lowest BCUT2D eigenvalue weighted by molar-refractivity contribution is -0.158. The molecule has 0 spiro atoms. The third-order valence-corrected chi connectivity index (χ3v) is 7.02. The van der Waals surface area contributed by atoms with E-state index >= 15 is 0 Å². The van der Waals surface area contributed by atoms with E-state index in [9.17, 15) is 9.59 Å². The van der Waals surface area contributed by atoms with Crippen molar-refractivity contribution in [2.45, 2.75) is 129 Å². The van der Waals surface area contributed by atoms with Gasteiger partial charge in [0.2, 0.25) is 0 Å². The normalized spacial score (nSPS) is 16.0. The highest BCUT2D eigenvalue weighted by Gasteiger charge is 2.40. The SMILES string of the molecule is CCCCCCCCCCCCCCCC(=O)OC[C@H](OCC)[C@H]1OC(=O)C(C)=C1OCc1ccccc1. The summed E-state index contributed by atoms with van der Waals surface area (Å²) in [5, 5.41) is 0. The number of rotatable bonds is 22. The monoisotopic (exact) mass is 530 g/mol. The quantitative estimate of drug-likeness (QED) is 0.112. The second kappa shape index (κ2) is 19.7. The van der Waals surface area contributed by atoms with Gasteiger partial charge in [-0.1, -0.05) is 114 Å². The summed E-state index contributed by atoms with van der Waals surface area (Å²) in [4.78, 5) is 24.6. The van der Waals surface area contributed by atoms with Crippen molar-refractivity contribution >= 4 is 11.9 Å². The number of hydrogen-bond acceptors (Lipinski definition) is 6. The van der Waals surface area contributed by atoms with E-state index in [1.165, 1.54) is 64.2 Å². The van der Waals surface area contributed by atoms with Gasteiger partial charge in [-0.15, -0.1) is 0 Å². The third kappa shape index (κ3) is 12.5. The van der Waals surface area contributed by atoms with Crippen molar-refractivity contribution in [1.29, 1.82) is 0 Å². The summed E-state index contributed by atoms with van der Waals surface area (Å²) in [6, 6.07) is 9.74. The maximum absolute atomic E-state index is 12.4. The highest BCUT2D eigenvalue weighted by atomic mass is 16.6. The topological polar surface area (TPSA) is 71.1 Å². The van der Waals surface area contributed by atoms with Gasteiger partial charge in [-0.2, -0.15) is 0 Å². The van der Waals surface area contributed by atoms with E-state index in [0.717, 1.165) is 24.8 Å². The molecule has 0 saturated carbocycles. The molecule has 0 aromatic heterocycles. The molecule has 0 radical (unpaired) electrons. The maximum Gasteiger partial charge on any atom is 0.338 e. The summed E-state index contributed by atoms with van der Waals surface area (Å²) >= 11 is 0. The van der Waals surface area contributed by atoms with Crippen LogP contribution < -0.4 is 0 Å². The first-order valence-corrected chi connectivity index (χ1v) is 14.9. The predicted molar refractivity (Wildman–Crippen MR) is 150 cm³/mol. The fourth-order valence-corrected chi connectivity index (χ4v) is 4.71. The molecule has 1 heterocycles. The summed E-state index contributed by atoms with van der Waals surface area (Å²) in [5.41, 5.74) is 1.41. The number of carbonyl (C=O) groups excluding carboxylic acids is 2. The first kappa shape index (κ1) is 31.9. The van der Waals surface area contributed by atoms with Crippen LogP contribution in [0.1, 0.15) is 116 Å². The molecule has 214 valence electrons. The van der Waals surface area contributed by atoms with Crippen molar-refractivity contribution < 1.29 is 28.5 Å². The Morgan fingerprint density at radius 1 is 0.868 bits per heavy atom. The van der Waals surface area contributed by atoms with Crippen LogP contribution in [0.5, 0.6) is 0 Å². The van der Waals surface area contributed by atoms with Crippen molar-refractivity contribution in [3.8, 4) is 0 Å². The van der Waals surface area contributed by atoms with Gasteiger partial charge in [0.1, 0.15) is 19.3 Å². The number of cyclic esters (lactones) is 1. The van der Waals surface area contributed by atoms with Crippen LogP contribution in [0.3, 0.4) is 0 Å². The molecule has 1 aromatic rings. The number of benzene rings is 1. The van der Waals surface area contributed by atoms with Crippen LogP contribution in [0.15, 0.2) is 41.7 Å². The summed E-state index contributed by atoms with van der Waals surface area (Å²) in [7, 11) is 0. The molecule has 1 aliphatic rings. The summed E-state index contributed by atoms with van der Waals surface area (Å²) in [6.45, 7) is 6.55. The molecule has 6 nitrogen and oxygen atoms in total. The van der Waals surface area contributed by atoms with Crippen molar-refractivity contribution in [1.82, 2.24) is 0 Å². The van der Waals surface area contributed by atoms with Gasteiger partial charge in [0.25, 0.3) is 0 Å². The molecule has 0 N–H and O–H groups in total. The van der Waals surface area contributed by atoms with Gasteiger partial charge in [-0.3, -0.25) is 4.79 Å². The number of hydrogen-bond donors (Lipinski definition) is 0. The van der Waals surface area contributed by atoms with E-state index in [-0.39, 0.29) is 12.6 Å². The van der Waals surface area contributed by atoms with Gasteiger partial charge in [-0.25, -0.2) is 4.79 Å². The lowest BCUT2D eigenvalue weighted by atomic mass is 10.0. The van der Waals surface area contributed by atoms with Crippen LogP contribution in [-0.2, 0) is 35.1 Å². The van der Waals surface area contributed by atoms with E-state index in [0.29, 0.717) is 31.0 Å². The number of carbonyl (C=O) groups is 2. The lowest BCUT2D eigenvalue weighted by Gasteiger charge is -2.24. The van der Waals surface area contributed by atoms with Crippen LogP contribution in [-0.4, -0.2) is 37.4 Å².